The van der Waals surface area contributed by atoms with Crippen LogP contribution in [0.25, 0.3) is 27.4 Å². The molecular formula is C44H41N3O. The van der Waals surface area contributed by atoms with E-state index in [1.165, 1.54) is 69.6 Å². The molecule has 6 aliphatic rings. The number of aryl methyl sites for hydroxylation is 2. The third kappa shape index (κ3) is 4.56. The normalized spacial score (nSPS) is 24.6. The van der Waals surface area contributed by atoms with E-state index < -0.39 is 0 Å². The molecule has 4 heteroatoms. The Morgan fingerprint density at radius 1 is 0.792 bits per heavy atom. The van der Waals surface area contributed by atoms with Gasteiger partial charge in [-0.05, 0) is 105 Å². The first-order valence-electron chi connectivity index (χ1n) is 18.2. The van der Waals surface area contributed by atoms with E-state index in [-0.39, 0.29) is 5.92 Å². The quantitative estimate of drug-likeness (QED) is 0.211. The second-order valence-electron chi connectivity index (χ2n) is 14.4. The number of hydrogen-bond acceptors (Lipinski definition) is 4. The van der Waals surface area contributed by atoms with Crippen LogP contribution in [0.2, 0.25) is 0 Å². The zero-order valence-corrected chi connectivity index (χ0v) is 27.5. The topological polar surface area (TPSA) is 42.2 Å². The highest BCUT2D eigenvalue weighted by atomic mass is 16.3. The second kappa shape index (κ2) is 11.5. The van der Waals surface area contributed by atoms with Gasteiger partial charge in [-0.15, -0.1) is 0 Å². The highest BCUT2D eigenvalue weighted by Gasteiger charge is 2.42. The standard InChI is InChI=1S/C44H41N3O/c1-2-10-28(11-3-1)29-18-20-30(21-19-29)42-35-13-4-7-15-37(35)45-44(46-42)31-22-24-32(25-23-31)47-38-16-8-5-12-33(38)34-26-27-40-41(43(34)47)36-14-6-9-17-39(36)48-40/h1-2,4-5,7,10,12-13,15,18,20,22,24-27,31,33,38H,3,6,8-9,11,14,16-17,19,21,23H2. The van der Waals surface area contributed by atoms with Gasteiger partial charge < -0.3 is 9.32 Å². The number of rotatable bonds is 4. The summed E-state index contributed by atoms with van der Waals surface area (Å²) in [6.45, 7) is 0. The first-order valence-corrected chi connectivity index (χ1v) is 18.2. The molecule has 238 valence electrons. The lowest BCUT2D eigenvalue weighted by atomic mass is 9.87. The summed E-state index contributed by atoms with van der Waals surface area (Å²) >= 11 is 0. The highest BCUT2D eigenvalue weighted by molar-refractivity contribution is 6.00. The fourth-order valence-corrected chi connectivity index (χ4v) is 9.24. The molecule has 0 spiro atoms. The molecule has 4 aromatic rings. The van der Waals surface area contributed by atoms with E-state index >= 15 is 0 Å². The van der Waals surface area contributed by atoms with Gasteiger partial charge >= 0.3 is 0 Å². The SMILES string of the molecule is C1=CCCC(C2=CC=C(c3nc(C4C=CC(N5c6c(ccc7oc8c(c67)CCCC8)C6C=CCCC65)=CC4)nc4ccccc34)CC2)=C1. The molecule has 0 fully saturated rings. The Balaban J connectivity index is 1.00. The van der Waals surface area contributed by atoms with Crippen molar-refractivity contribution in [1.82, 2.24) is 9.97 Å². The van der Waals surface area contributed by atoms with Gasteiger partial charge in [-0.2, -0.15) is 0 Å². The second-order valence-corrected chi connectivity index (χ2v) is 14.4. The molecule has 0 saturated heterocycles. The van der Waals surface area contributed by atoms with Gasteiger partial charge in [-0.1, -0.05) is 78.9 Å². The molecule has 3 heterocycles. The van der Waals surface area contributed by atoms with Crippen LogP contribution in [0.1, 0.15) is 98.0 Å². The Bertz CT molecular complexity index is 2200. The summed E-state index contributed by atoms with van der Waals surface area (Å²) in [7, 11) is 0. The van der Waals surface area contributed by atoms with Crippen molar-refractivity contribution in [1.29, 1.82) is 0 Å². The van der Waals surface area contributed by atoms with Crippen LogP contribution in [0.3, 0.4) is 0 Å². The molecule has 0 saturated carbocycles. The third-order valence-electron chi connectivity index (χ3n) is 11.6. The van der Waals surface area contributed by atoms with Gasteiger partial charge in [0, 0.05) is 46.3 Å². The first kappa shape index (κ1) is 28.3. The number of hydrogen-bond donors (Lipinski definition) is 0. The van der Waals surface area contributed by atoms with Crippen molar-refractivity contribution in [2.45, 2.75) is 88.5 Å². The summed E-state index contributed by atoms with van der Waals surface area (Å²) in [6.07, 6.45) is 35.7. The lowest BCUT2D eigenvalue weighted by Crippen LogP contribution is -2.34. The number of para-hydroxylation sites is 1. The summed E-state index contributed by atoms with van der Waals surface area (Å²) in [5.74, 6) is 2.72. The van der Waals surface area contributed by atoms with Crippen LogP contribution < -0.4 is 4.90 Å². The molecule has 0 radical (unpaired) electrons. The van der Waals surface area contributed by atoms with Crippen LogP contribution in [0, 0.1) is 0 Å². The summed E-state index contributed by atoms with van der Waals surface area (Å²) < 4.78 is 6.50. The van der Waals surface area contributed by atoms with Gasteiger partial charge in [0.25, 0.3) is 0 Å². The van der Waals surface area contributed by atoms with Gasteiger partial charge in [-0.25, -0.2) is 9.97 Å². The van der Waals surface area contributed by atoms with Crippen molar-refractivity contribution < 1.29 is 4.42 Å². The summed E-state index contributed by atoms with van der Waals surface area (Å²) in [6, 6.07) is 13.6. The Hall–Kier alpha value is -4.70. The monoisotopic (exact) mass is 627 g/mol. The molecule has 3 atom stereocenters. The van der Waals surface area contributed by atoms with E-state index in [9.17, 15) is 0 Å². The largest absolute Gasteiger partial charge is 0.461 e. The first-order chi connectivity index (χ1) is 23.8. The summed E-state index contributed by atoms with van der Waals surface area (Å²) in [5.41, 5.74) is 13.1. The maximum absolute atomic E-state index is 6.50. The van der Waals surface area contributed by atoms with Gasteiger partial charge in [0.1, 0.15) is 17.2 Å². The van der Waals surface area contributed by atoms with Crippen molar-refractivity contribution in [3.05, 3.63) is 142 Å². The number of furan rings is 1. The van der Waals surface area contributed by atoms with Gasteiger partial charge in [0.15, 0.2) is 0 Å². The predicted molar refractivity (Wildman–Crippen MR) is 196 cm³/mol. The van der Waals surface area contributed by atoms with Crippen molar-refractivity contribution >= 4 is 33.1 Å². The van der Waals surface area contributed by atoms with Crippen LogP contribution in [0.15, 0.2) is 118 Å². The Morgan fingerprint density at radius 3 is 2.56 bits per heavy atom. The van der Waals surface area contributed by atoms with E-state index in [0.717, 1.165) is 79.4 Å². The molecule has 1 aliphatic heterocycles. The van der Waals surface area contributed by atoms with Crippen LogP contribution >= 0.6 is 0 Å². The van der Waals surface area contributed by atoms with E-state index in [1.807, 2.05) is 0 Å². The van der Waals surface area contributed by atoms with Gasteiger partial charge in [0.2, 0.25) is 0 Å². The number of anilines is 1. The van der Waals surface area contributed by atoms with Gasteiger partial charge in [-0.3, -0.25) is 0 Å². The van der Waals surface area contributed by atoms with E-state index in [4.69, 9.17) is 14.4 Å². The number of benzene rings is 2. The van der Waals surface area contributed by atoms with Crippen LogP contribution in [0.4, 0.5) is 5.69 Å². The average Bonchev–Trinajstić information content (AvgIpc) is 3.71. The molecule has 48 heavy (non-hydrogen) atoms. The highest BCUT2D eigenvalue weighted by Crippen LogP contribution is 2.53. The zero-order valence-electron chi connectivity index (χ0n) is 27.5. The average molecular weight is 628 g/mol. The molecule has 2 aromatic carbocycles. The van der Waals surface area contributed by atoms with Crippen LogP contribution in [-0.2, 0) is 12.8 Å². The predicted octanol–water partition coefficient (Wildman–Crippen LogP) is 10.9. The maximum Gasteiger partial charge on any atom is 0.136 e. The van der Waals surface area contributed by atoms with E-state index in [0.29, 0.717) is 12.0 Å². The Labute approximate surface area is 282 Å². The fourth-order valence-electron chi connectivity index (χ4n) is 9.24. The maximum atomic E-state index is 6.50. The molecule has 0 N–H and O–H groups in total. The minimum Gasteiger partial charge on any atom is -0.461 e. The molecule has 3 unspecified atom stereocenters. The minimum absolute atomic E-state index is 0.146. The number of aromatic nitrogens is 2. The molecular weight excluding hydrogens is 587 g/mol. The Kier molecular flexibility index (Phi) is 6.77. The molecule has 5 aliphatic carbocycles. The number of fused-ring (bicyclic) bond motifs is 8. The number of allylic oxidation sites excluding steroid dienone is 12. The van der Waals surface area contributed by atoms with Crippen LogP contribution in [-0.4, -0.2) is 16.0 Å². The Morgan fingerprint density at radius 2 is 1.69 bits per heavy atom. The molecule has 4 nitrogen and oxygen atoms in total. The van der Waals surface area contributed by atoms with Crippen molar-refractivity contribution in [3.8, 4) is 0 Å². The van der Waals surface area contributed by atoms with Crippen molar-refractivity contribution in [2.75, 3.05) is 4.90 Å². The lowest BCUT2D eigenvalue weighted by molar-refractivity contribution is 0.506. The van der Waals surface area contributed by atoms with Crippen molar-refractivity contribution in [3.63, 3.8) is 0 Å². The lowest BCUT2D eigenvalue weighted by Gasteiger charge is -2.34. The molecule has 0 bridgehead atoms. The van der Waals surface area contributed by atoms with Crippen molar-refractivity contribution in [2.24, 2.45) is 0 Å². The smallest absolute Gasteiger partial charge is 0.136 e. The van der Waals surface area contributed by atoms with E-state index in [2.05, 4.69) is 102 Å². The fraction of sp³-hybridized carbons (Fsp3) is 0.318. The van der Waals surface area contributed by atoms with Gasteiger partial charge in [0.05, 0.1) is 16.9 Å². The summed E-state index contributed by atoms with van der Waals surface area (Å²) in [4.78, 5) is 13.2. The molecule has 0 amide bonds. The summed E-state index contributed by atoms with van der Waals surface area (Å²) in [5, 5.41) is 2.52. The zero-order chi connectivity index (χ0) is 31.6. The molecule has 2 aromatic heterocycles. The van der Waals surface area contributed by atoms with Crippen LogP contribution in [0.5, 0.6) is 0 Å². The van der Waals surface area contributed by atoms with E-state index in [1.54, 1.807) is 0 Å². The number of nitrogens with zero attached hydrogens (tertiary/aromatic N) is 3. The molecule has 10 rings (SSSR count). The minimum atomic E-state index is 0.146. The third-order valence-corrected chi connectivity index (χ3v) is 11.6.